The van der Waals surface area contributed by atoms with E-state index in [-0.39, 0.29) is 5.91 Å². The van der Waals surface area contributed by atoms with Crippen molar-refractivity contribution in [1.82, 2.24) is 19.7 Å². The summed E-state index contributed by atoms with van der Waals surface area (Å²) < 4.78 is 0. The van der Waals surface area contributed by atoms with E-state index in [0.717, 1.165) is 70.0 Å². The number of hydrogen-bond donors (Lipinski definition) is 0. The first-order valence-corrected chi connectivity index (χ1v) is 8.81. The van der Waals surface area contributed by atoms with E-state index in [1.54, 1.807) is 6.20 Å². The minimum absolute atomic E-state index is 0.115. The molecule has 1 aliphatic heterocycles. The van der Waals surface area contributed by atoms with Crippen molar-refractivity contribution in [3.05, 3.63) is 29.6 Å². The third-order valence-electron chi connectivity index (χ3n) is 4.62. The molecule has 0 spiro atoms. The summed E-state index contributed by atoms with van der Waals surface area (Å²) in [4.78, 5) is 24.0. The minimum atomic E-state index is 0.115. The largest absolute Gasteiger partial charge is 0.337 e. The van der Waals surface area contributed by atoms with Crippen molar-refractivity contribution in [2.45, 2.75) is 27.2 Å². The zero-order chi connectivity index (χ0) is 16.7. The normalized spacial score (nSPS) is 16.5. The maximum Gasteiger partial charge on any atom is 0.255 e. The number of carbonyl (C=O) groups is 1. The first-order chi connectivity index (χ1) is 11.2. The van der Waals surface area contributed by atoms with Crippen molar-refractivity contribution < 1.29 is 4.79 Å². The fourth-order valence-electron chi connectivity index (χ4n) is 3.06. The number of rotatable bonds is 7. The van der Waals surface area contributed by atoms with Gasteiger partial charge in [0.05, 0.1) is 5.56 Å². The lowest BCUT2D eigenvalue weighted by Gasteiger charge is -2.35. The Kier molecular flexibility index (Phi) is 6.99. The summed E-state index contributed by atoms with van der Waals surface area (Å²) in [7, 11) is 0. The standard InChI is InChI=1S/C18H30N4O/c1-4-9-22(18(23)17-7-6-8-19-16(17)3)15-14-21-12-10-20(5-2)11-13-21/h6-8H,4-5,9-15H2,1-3H3. The highest BCUT2D eigenvalue weighted by molar-refractivity contribution is 5.95. The van der Waals surface area contributed by atoms with Crippen molar-refractivity contribution in [3.8, 4) is 0 Å². The molecular weight excluding hydrogens is 288 g/mol. The zero-order valence-corrected chi connectivity index (χ0v) is 14.8. The molecule has 2 rings (SSSR count). The molecule has 1 aromatic rings. The second kappa shape index (κ2) is 8.99. The fraction of sp³-hybridized carbons (Fsp3) is 0.667. The lowest BCUT2D eigenvalue weighted by atomic mass is 10.1. The Morgan fingerprint density at radius 3 is 2.48 bits per heavy atom. The number of likely N-dealkylation sites (N-methyl/N-ethyl adjacent to an activating group) is 1. The zero-order valence-electron chi connectivity index (χ0n) is 14.8. The highest BCUT2D eigenvalue weighted by Crippen LogP contribution is 2.10. The average Bonchev–Trinajstić information content (AvgIpc) is 2.59. The summed E-state index contributed by atoms with van der Waals surface area (Å²) >= 11 is 0. The lowest BCUT2D eigenvalue weighted by molar-refractivity contribution is 0.0707. The van der Waals surface area contributed by atoms with Crippen LogP contribution in [0.5, 0.6) is 0 Å². The van der Waals surface area contributed by atoms with Gasteiger partial charge in [0.15, 0.2) is 0 Å². The maximum absolute atomic E-state index is 12.8. The molecule has 0 aliphatic carbocycles. The molecule has 128 valence electrons. The van der Waals surface area contributed by atoms with Gasteiger partial charge in [-0.1, -0.05) is 13.8 Å². The second-order valence-electron chi connectivity index (χ2n) is 6.20. The van der Waals surface area contributed by atoms with Gasteiger partial charge >= 0.3 is 0 Å². The number of amides is 1. The van der Waals surface area contributed by atoms with Gasteiger partial charge in [0, 0.05) is 57.7 Å². The second-order valence-corrected chi connectivity index (χ2v) is 6.20. The highest BCUT2D eigenvalue weighted by Gasteiger charge is 2.20. The van der Waals surface area contributed by atoms with Gasteiger partial charge in [-0.25, -0.2) is 0 Å². The third-order valence-corrected chi connectivity index (χ3v) is 4.62. The predicted octanol–water partition coefficient (Wildman–Crippen LogP) is 1.88. The van der Waals surface area contributed by atoms with Crippen LogP contribution >= 0.6 is 0 Å². The molecule has 5 nitrogen and oxygen atoms in total. The van der Waals surface area contributed by atoms with E-state index in [9.17, 15) is 4.79 Å². The Labute approximate surface area is 140 Å². The van der Waals surface area contributed by atoms with Gasteiger partial charge in [-0.2, -0.15) is 0 Å². The quantitative estimate of drug-likeness (QED) is 0.769. The third kappa shape index (κ3) is 5.01. The molecule has 1 saturated heterocycles. The molecule has 5 heteroatoms. The van der Waals surface area contributed by atoms with Gasteiger partial charge < -0.3 is 9.80 Å². The van der Waals surface area contributed by atoms with Crippen LogP contribution in [0.1, 0.15) is 36.3 Å². The number of carbonyl (C=O) groups excluding carboxylic acids is 1. The summed E-state index contributed by atoms with van der Waals surface area (Å²) in [6.07, 6.45) is 2.72. The number of pyridine rings is 1. The molecule has 0 N–H and O–H groups in total. The first-order valence-electron chi connectivity index (χ1n) is 8.81. The number of nitrogens with zero attached hydrogens (tertiary/aromatic N) is 4. The summed E-state index contributed by atoms with van der Waals surface area (Å²) in [5.74, 6) is 0.115. The number of aromatic nitrogens is 1. The fourth-order valence-corrected chi connectivity index (χ4v) is 3.06. The van der Waals surface area contributed by atoms with Crippen LogP contribution in [-0.2, 0) is 0 Å². The van der Waals surface area contributed by atoms with Crippen molar-refractivity contribution in [1.29, 1.82) is 0 Å². The molecule has 1 fully saturated rings. The highest BCUT2D eigenvalue weighted by atomic mass is 16.2. The number of hydrogen-bond acceptors (Lipinski definition) is 4. The Bertz CT molecular complexity index is 498. The SMILES string of the molecule is CCCN(CCN1CCN(CC)CC1)C(=O)c1cccnc1C. The molecule has 23 heavy (non-hydrogen) atoms. The van der Waals surface area contributed by atoms with E-state index in [1.165, 1.54) is 0 Å². The molecule has 1 aromatic heterocycles. The van der Waals surface area contributed by atoms with Crippen molar-refractivity contribution in [2.24, 2.45) is 0 Å². The molecule has 0 aromatic carbocycles. The number of aryl methyl sites for hydroxylation is 1. The van der Waals surface area contributed by atoms with Crippen molar-refractivity contribution >= 4 is 5.91 Å². The van der Waals surface area contributed by atoms with E-state index >= 15 is 0 Å². The van der Waals surface area contributed by atoms with Gasteiger partial charge in [-0.15, -0.1) is 0 Å². The topological polar surface area (TPSA) is 39.7 Å². The van der Waals surface area contributed by atoms with E-state index in [4.69, 9.17) is 0 Å². The average molecular weight is 318 g/mol. The van der Waals surface area contributed by atoms with Gasteiger partial charge in [-0.3, -0.25) is 14.7 Å². The molecule has 0 saturated carbocycles. The molecular formula is C18H30N4O. The van der Waals surface area contributed by atoms with Gasteiger partial charge in [0.1, 0.15) is 0 Å². The molecule has 0 radical (unpaired) electrons. The van der Waals surface area contributed by atoms with Crippen LogP contribution in [-0.4, -0.2) is 77.9 Å². The summed E-state index contributed by atoms with van der Waals surface area (Å²) in [6, 6.07) is 3.72. The molecule has 0 unspecified atom stereocenters. The molecule has 0 atom stereocenters. The van der Waals surface area contributed by atoms with Crippen molar-refractivity contribution in [2.75, 3.05) is 52.4 Å². The van der Waals surface area contributed by atoms with Gasteiger partial charge in [-0.05, 0) is 32.0 Å². The Balaban J connectivity index is 1.91. The maximum atomic E-state index is 12.8. The van der Waals surface area contributed by atoms with Gasteiger partial charge in [0.25, 0.3) is 5.91 Å². The van der Waals surface area contributed by atoms with Crippen LogP contribution in [0.4, 0.5) is 0 Å². The molecule has 2 heterocycles. The smallest absolute Gasteiger partial charge is 0.255 e. The number of piperazine rings is 1. The first kappa shape index (κ1) is 17.9. The van der Waals surface area contributed by atoms with Crippen LogP contribution in [0, 0.1) is 6.92 Å². The predicted molar refractivity (Wildman–Crippen MR) is 93.7 cm³/mol. The van der Waals surface area contributed by atoms with Crippen LogP contribution in [0.2, 0.25) is 0 Å². The van der Waals surface area contributed by atoms with E-state index in [1.807, 2.05) is 24.0 Å². The monoisotopic (exact) mass is 318 g/mol. The summed E-state index contributed by atoms with van der Waals surface area (Å²) in [5.41, 5.74) is 1.55. The minimum Gasteiger partial charge on any atom is -0.337 e. The Morgan fingerprint density at radius 1 is 1.17 bits per heavy atom. The van der Waals surface area contributed by atoms with E-state index in [0.29, 0.717) is 0 Å². The Morgan fingerprint density at radius 2 is 1.87 bits per heavy atom. The van der Waals surface area contributed by atoms with E-state index < -0.39 is 0 Å². The van der Waals surface area contributed by atoms with Crippen LogP contribution in [0.3, 0.4) is 0 Å². The van der Waals surface area contributed by atoms with E-state index in [2.05, 4.69) is 28.6 Å². The molecule has 0 bridgehead atoms. The van der Waals surface area contributed by atoms with Gasteiger partial charge in [0.2, 0.25) is 0 Å². The van der Waals surface area contributed by atoms with Crippen molar-refractivity contribution in [3.63, 3.8) is 0 Å². The summed E-state index contributed by atoms with van der Waals surface area (Å²) in [5, 5.41) is 0. The summed E-state index contributed by atoms with van der Waals surface area (Å²) in [6.45, 7) is 14.4. The molecule has 1 aliphatic rings. The van der Waals surface area contributed by atoms with Crippen LogP contribution in [0.15, 0.2) is 18.3 Å². The lowest BCUT2D eigenvalue weighted by Crippen LogP contribution is -2.48. The Hall–Kier alpha value is -1.46. The van der Waals surface area contributed by atoms with Crippen LogP contribution in [0.25, 0.3) is 0 Å². The van der Waals surface area contributed by atoms with Crippen LogP contribution < -0.4 is 0 Å². The molecule has 1 amide bonds.